The summed E-state index contributed by atoms with van der Waals surface area (Å²) in [5.41, 5.74) is 1.47. The molecule has 30 heavy (non-hydrogen) atoms. The van der Waals surface area contributed by atoms with Gasteiger partial charge in [0, 0.05) is 5.56 Å². The monoisotopic (exact) mass is 405 g/mol. The van der Waals surface area contributed by atoms with Crippen LogP contribution in [0.1, 0.15) is 42.7 Å². The second kappa shape index (κ2) is 10.3. The molecule has 0 aliphatic heterocycles. The Balaban J connectivity index is 1.71. The molecular weight excluding hydrogens is 378 g/mol. The van der Waals surface area contributed by atoms with Gasteiger partial charge in [-0.15, -0.1) is 0 Å². The number of para-hydroxylation sites is 1. The molecule has 3 rings (SSSR count). The van der Waals surface area contributed by atoms with Gasteiger partial charge in [-0.3, -0.25) is 4.79 Å². The molecule has 0 aromatic heterocycles. The normalized spacial score (nSPS) is 11.4. The van der Waals surface area contributed by atoms with E-state index in [0.717, 1.165) is 11.3 Å². The number of rotatable bonds is 9. The number of hydrogen-bond acceptors (Lipinski definition) is 4. The molecule has 0 aliphatic rings. The number of nitrogens with one attached hydrogen (secondary N) is 1. The van der Waals surface area contributed by atoms with Crippen molar-refractivity contribution in [2.24, 2.45) is 0 Å². The molecule has 156 valence electrons. The van der Waals surface area contributed by atoms with Crippen molar-refractivity contribution in [2.45, 2.75) is 26.8 Å². The molecule has 1 amide bonds. The molecule has 5 nitrogen and oxygen atoms in total. The van der Waals surface area contributed by atoms with Gasteiger partial charge >= 0.3 is 0 Å². The van der Waals surface area contributed by atoms with Crippen molar-refractivity contribution in [3.05, 3.63) is 83.9 Å². The first-order chi connectivity index (χ1) is 14.6. The highest BCUT2D eigenvalue weighted by Crippen LogP contribution is 2.31. The van der Waals surface area contributed by atoms with Gasteiger partial charge in [0.2, 0.25) is 0 Å². The van der Waals surface area contributed by atoms with Gasteiger partial charge in [-0.25, -0.2) is 0 Å². The van der Waals surface area contributed by atoms with Gasteiger partial charge < -0.3 is 19.5 Å². The molecule has 0 saturated heterocycles. The maximum absolute atomic E-state index is 12.8. The van der Waals surface area contributed by atoms with Crippen LogP contribution in [-0.2, 0) is 0 Å². The topological polar surface area (TPSA) is 56.8 Å². The first kappa shape index (κ1) is 21.2. The van der Waals surface area contributed by atoms with Crippen molar-refractivity contribution in [2.75, 3.05) is 13.2 Å². The fourth-order valence-corrected chi connectivity index (χ4v) is 3.03. The van der Waals surface area contributed by atoms with Gasteiger partial charge in [0.15, 0.2) is 11.5 Å². The molecule has 0 unspecified atom stereocenters. The second-order valence-electron chi connectivity index (χ2n) is 6.71. The number of ether oxygens (including phenoxy) is 3. The minimum absolute atomic E-state index is 0.173. The SMILES string of the molecule is CCOc1ccc([C@H](C)NC(=O)c2cccc(Oc3ccccc3)c2)cc1OCC. The summed E-state index contributed by atoms with van der Waals surface area (Å²) in [6.07, 6.45) is 0. The molecule has 0 fully saturated rings. The van der Waals surface area contributed by atoms with Gasteiger partial charge in [-0.05, 0) is 68.8 Å². The molecule has 1 N–H and O–H groups in total. The molecule has 0 radical (unpaired) electrons. The molecule has 1 atom stereocenters. The Morgan fingerprint density at radius 2 is 1.53 bits per heavy atom. The molecule has 3 aromatic carbocycles. The fraction of sp³-hybridized carbons (Fsp3) is 0.240. The highest BCUT2D eigenvalue weighted by atomic mass is 16.5. The molecule has 3 aromatic rings. The minimum atomic E-state index is -0.203. The summed E-state index contributed by atoms with van der Waals surface area (Å²) in [5.74, 6) is 2.54. The lowest BCUT2D eigenvalue weighted by Crippen LogP contribution is -2.26. The third-order valence-electron chi connectivity index (χ3n) is 4.49. The zero-order valence-corrected chi connectivity index (χ0v) is 17.6. The van der Waals surface area contributed by atoms with Crippen LogP contribution in [0.15, 0.2) is 72.8 Å². The standard InChI is InChI=1S/C25H27NO4/c1-4-28-23-15-14-19(17-24(23)29-5-2)18(3)26-25(27)20-10-9-13-22(16-20)30-21-11-7-6-8-12-21/h6-18H,4-5H2,1-3H3,(H,26,27)/t18-/m0/s1. The molecule has 0 heterocycles. The van der Waals surface area contributed by atoms with E-state index >= 15 is 0 Å². The van der Waals surface area contributed by atoms with Crippen LogP contribution < -0.4 is 19.5 Å². The summed E-state index contributed by atoms with van der Waals surface area (Å²) in [6.45, 7) is 6.90. The number of carbonyl (C=O) groups is 1. The van der Waals surface area contributed by atoms with Crippen molar-refractivity contribution >= 4 is 5.91 Å². The Bertz CT molecular complexity index is 972. The van der Waals surface area contributed by atoms with Crippen molar-refractivity contribution in [3.8, 4) is 23.0 Å². The van der Waals surface area contributed by atoms with E-state index < -0.39 is 0 Å². The Labute approximate surface area is 177 Å². The molecular formula is C25H27NO4. The van der Waals surface area contributed by atoms with E-state index in [1.54, 1.807) is 12.1 Å². The van der Waals surface area contributed by atoms with Gasteiger partial charge in [0.1, 0.15) is 11.5 Å². The van der Waals surface area contributed by atoms with Crippen LogP contribution in [0.5, 0.6) is 23.0 Å². The first-order valence-electron chi connectivity index (χ1n) is 10.1. The number of carbonyl (C=O) groups excluding carboxylic acids is 1. The van der Waals surface area contributed by atoms with Crippen LogP contribution in [0.2, 0.25) is 0 Å². The summed E-state index contributed by atoms with van der Waals surface area (Å²) in [6, 6.07) is 22.1. The van der Waals surface area contributed by atoms with Crippen molar-refractivity contribution in [1.29, 1.82) is 0 Å². The molecule has 5 heteroatoms. The van der Waals surface area contributed by atoms with Gasteiger partial charge in [0.25, 0.3) is 5.91 Å². The summed E-state index contributed by atoms with van der Waals surface area (Å²) in [5, 5.41) is 3.03. The highest BCUT2D eigenvalue weighted by Gasteiger charge is 2.15. The summed E-state index contributed by atoms with van der Waals surface area (Å²) in [7, 11) is 0. The average molecular weight is 405 g/mol. The molecule has 0 aliphatic carbocycles. The van der Waals surface area contributed by atoms with Crippen molar-refractivity contribution in [1.82, 2.24) is 5.32 Å². The van der Waals surface area contributed by atoms with Crippen LogP contribution in [-0.4, -0.2) is 19.1 Å². The number of benzene rings is 3. The van der Waals surface area contributed by atoms with E-state index in [1.807, 2.05) is 81.4 Å². The fourth-order valence-electron chi connectivity index (χ4n) is 3.03. The van der Waals surface area contributed by atoms with Gasteiger partial charge in [-0.2, -0.15) is 0 Å². The lowest BCUT2D eigenvalue weighted by Gasteiger charge is -2.18. The third kappa shape index (κ3) is 5.54. The number of amides is 1. The molecule has 0 spiro atoms. The number of hydrogen-bond donors (Lipinski definition) is 1. The van der Waals surface area contributed by atoms with Crippen LogP contribution >= 0.6 is 0 Å². The van der Waals surface area contributed by atoms with E-state index in [4.69, 9.17) is 14.2 Å². The third-order valence-corrected chi connectivity index (χ3v) is 4.49. The lowest BCUT2D eigenvalue weighted by atomic mass is 10.1. The smallest absolute Gasteiger partial charge is 0.251 e. The van der Waals surface area contributed by atoms with Crippen molar-refractivity contribution in [3.63, 3.8) is 0 Å². The minimum Gasteiger partial charge on any atom is -0.490 e. The molecule has 0 saturated carbocycles. The predicted molar refractivity (Wildman–Crippen MR) is 118 cm³/mol. The van der Waals surface area contributed by atoms with E-state index in [-0.39, 0.29) is 11.9 Å². The van der Waals surface area contributed by atoms with Gasteiger partial charge in [0.05, 0.1) is 19.3 Å². The predicted octanol–water partition coefficient (Wildman–Crippen LogP) is 5.77. The van der Waals surface area contributed by atoms with Crippen LogP contribution in [0.3, 0.4) is 0 Å². The average Bonchev–Trinajstić information content (AvgIpc) is 2.76. The van der Waals surface area contributed by atoms with E-state index in [1.165, 1.54) is 0 Å². The van der Waals surface area contributed by atoms with E-state index in [2.05, 4.69) is 5.32 Å². The Morgan fingerprint density at radius 1 is 0.833 bits per heavy atom. The maximum atomic E-state index is 12.8. The summed E-state index contributed by atoms with van der Waals surface area (Å²) in [4.78, 5) is 12.8. The second-order valence-corrected chi connectivity index (χ2v) is 6.71. The Kier molecular flexibility index (Phi) is 7.33. The van der Waals surface area contributed by atoms with Crippen LogP contribution in [0, 0.1) is 0 Å². The maximum Gasteiger partial charge on any atom is 0.251 e. The quantitative estimate of drug-likeness (QED) is 0.491. The zero-order valence-electron chi connectivity index (χ0n) is 17.6. The highest BCUT2D eigenvalue weighted by molar-refractivity contribution is 5.94. The van der Waals surface area contributed by atoms with E-state index in [9.17, 15) is 4.79 Å². The first-order valence-corrected chi connectivity index (χ1v) is 10.1. The zero-order chi connectivity index (χ0) is 21.3. The van der Waals surface area contributed by atoms with Gasteiger partial charge in [-0.1, -0.05) is 30.3 Å². The Hall–Kier alpha value is -3.47. The lowest BCUT2D eigenvalue weighted by molar-refractivity contribution is 0.0939. The largest absolute Gasteiger partial charge is 0.490 e. The summed E-state index contributed by atoms with van der Waals surface area (Å²) < 4.78 is 17.1. The van der Waals surface area contributed by atoms with Crippen molar-refractivity contribution < 1.29 is 19.0 Å². The molecule has 0 bridgehead atoms. The van der Waals surface area contributed by atoms with Crippen LogP contribution in [0.25, 0.3) is 0 Å². The summed E-state index contributed by atoms with van der Waals surface area (Å²) >= 11 is 0. The van der Waals surface area contributed by atoms with E-state index in [0.29, 0.717) is 36.0 Å². The van der Waals surface area contributed by atoms with Crippen LogP contribution in [0.4, 0.5) is 0 Å². The Morgan fingerprint density at radius 3 is 2.27 bits per heavy atom.